The van der Waals surface area contributed by atoms with Crippen molar-refractivity contribution in [1.82, 2.24) is 9.78 Å². The molecule has 1 aromatic rings. The maximum Gasteiger partial charge on any atom is 0.139 e. The molecule has 3 unspecified atom stereocenters. The highest BCUT2D eigenvalue weighted by molar-refractivity contribution is 9.10. The van der Waals surface area contributed by atoms with Crippen LogP contribution in [0.5, 0.6) is 0 Å². The number of anilines is 1. The van der Waals surface area contributed by atoms with Gasteiger partial charge in [-0.25, -0.2) is 4.68 Å². The van der Waals surface area contributed by atoms with E-state index in [2.05, 4.69) is 53.6 Å². The summed E-state index contributed by atoms with van der Waals surface area (Å²) < 4.78 is 3.44. The second-order valence-corrected chi connectivity index (χ2v) is 6.87. The quantitative estimate of drug-likeness (QED) is 0.756. The van der Waals surface area contributed by atoms with Crippen molar-refractivity contribution in [2.45, 2.75) is 71.8 Å². The van der Waals surface area contributed by atoms with E-state index in [4.69, 9.17) is 5.10 Å². The highest BCUT2D eigenvalue weighted by Crippen LogP contribution is 2.40. The largest absolute Gasteiger partial charge is 0.369 e. The zero-order chi connectivity index (χ0) is 14.7. The molecule has 0 fully saturated rings. The molecule has 0 bridgehead atoms. The molecule has 0 aromatic carbocycles. The third kappa shape index (κ3) is 2.90. The Balaban J connectivity index is 2.32. The Morgan fingerprint density at radius 2 is 2.15 bits per heavy atom. The summed E-state index contributed by atoms with van der Waals surface area (Å²) in [6.07, 6.45) is 6.10. The number of unbranched alkanes of at least 4 members (excludes halogenated alkanes) is 1. The Morgan fingerprint density at radius 1 is 1.40 bits per heavy atom. The summed E-state index contributed by atoms with van der Waals surface area (Å²) in [6, 6.07) is 0.528. The van der Waals surface area contributed by atoms with Crippen molar-refractivity contribution in [2.24, 2.45) is 5.92 Å². The Kier molecular flexibility index (Phi) is 5.53. The van der Waals surface area contributed by atoms with E-state index in [9.17, 15) is 0 Å². The predicted molar refractivity (Wildman–Crippen MR) is 89.5 cm³/mol. The van der Waals surface area contributed by atoms with E-state index in [1.807, 2.05) is 0 Å². The summed E-state index contributed by atoms with van der Waals surface area (Å²) in [5, 5.41) is 8.54. The number of fused-ring (bicyclic) bond motifs is 1. The van der Waals surface area contributed by atoms with Gasteiger partial charge in [-0.15, -0.1) is 0 Å². The summed E-state index contributed by atoms with van der Waals surface area (Å²) in [7, 11) is 0. The molecule has 3 atom stereocenters. The van der Waals surface area contributed by atoms with Gasteiger partial charge in [-0.3, -0.25) is 0 Å². The molecule has 114 valence electrons. The number of halogens is 1. The molecule has 3 nitrogen and oxygen atoms in total. The van der Waals surface area contributed by atoms with Crippen LogP contribution in [-0.2, 0) is 0 Å². The van der Waals surface area contributed by atoms with Crippen LogP contribution in [0.2, 0.25) is 0 Å². The van der Waals surface area contributed by atoms with Crippen LogP contribution in [0.4, 0.5) is 5.82 Å². The number of aromatic nitrogens is 2. The first kappa shape index (κ1) is 15.9. The van der Waals surface area contributed by atoms with E-state index >= 15 is 0 Å². The van der Waals surface area contributed by atoms with Gasteiger partial charge in [-0.2, -0.15) is 5.10 Å². The van der Waals surface area contributed by atoms with E-state index in [0.717, 1.165) is 13.0 Å². The lowest BCUT2D eigenvalue weighted by molar-refractivity contribution is 0.310. The van der Waals surface area contributed by atoms with Crippen LogP contribution in [0.25, 0.3) is 0 Å². The Hall–Kier alpha value is -0.510. The van der Waals surface area contributed by atoms with Crippen molar-refractivity contribution in [3.63, 3.8) is 0 Å². The maximum atomic E-state index is 4.98. The van der Waals surface area contributed by atoms with Crippen molar-refractivity contribution < 1.29 is 0 Å². The zero-order valence-corrected chi connectivity index (χ0v) is 14.8. The van der Waals surface area contributed by atoms with Crippen molar-refractivity contribution in [2.75, 3.05) is 11.9 Å². The standard InChI is InChI=1S/C16H28BrN3/c1-5-8-9-12(6-2)15-14(17)16-18-10-11(4)13(7-3)20(16)19-15/h11-13,18H,5-10H2,1-4H3. The Labute approximate surface area is 131 Å². The minimum Gasteiger partial charge on any atom is -0.369 e. The lowest BCUT2D eigenvalue weighted by Crippen LogP contribution is -2.31. The molecule has 2 heterocycles. The molecule has 2 rings (SSSR count). The lowest BCUT2D eigenvalue weighted by Gasteiger charge is -2.30. The molecule has 20 heavy (non-hydrogen) atoms. The minimum absolute atomic E-state index is 0.528. The third-order valence-electron chi connectivity index (χ3n) is 4.64. The van der Waals surface area contributed by atoms with E-state index in [1.54, 1.807) is 0 Å². The van der Waals surface area contributed by atoms with Gasteiger partial charge in [0.05, 0.1) is 16.2 Å². The van der Waals surface area contributed by atoms with E-state index in [0.29, 0.717) is 17.9 Å². The molecular formula is C16H28BrN3. The average Bonchev–Trinajstić information content (AvgIpc) is 2.77. The second kappa shape index (κ2) is 6.97. The van der Waals surface area contributed by atoms with Gasteiger partial charge < -0.3 is 5.32 Å². The fraction of sp³-hybridized carbons (Fsp3) is 0.812. The van der Waals surface area contributed by atoms with Crippen molar-refractivity contribution in [3.8, 4) is 0 Å². The molecular weight excluding hydrogens is 314 g/mol. The maximum absolute atomic E-state index is 4.98. The predicted octanol–water partition coefficient (Wildman–Crippen LogP) is 5.34. The molecule has 0 aliphatic carbocycles. The van der Waals surface area contributed by atoms with Crippen LogP contribution in [0.3, 0.4) is 0 Å². The summed E-state index contributed by atoms with van der Waals surface area (Å²) >= 11 is 3.80. The molecule has 0 amide bonds. The molecule has 4 heteroatoms. The normalized spacial score (nSPS) is 23.2. The summed E-state index contributed by atoms with van der Waals surface area (Å²) in [5.74, 6) is 2.42. The van der Waals surface area contributed by atoms with Crippen LogP contribution < -0.4 is 5.32 Å². The highest BCUT2D eigenvalue weighted by Gasteiger charge is 2.30. The van der Waals surface area contributed by atoms with Gasteiger partial charge in [0.15, 0.2) is 0 Å². The van der Waals surface area contributed by atoms with Crippen LogP contribution in [-0.4, -0.2) is 16.3 Å². The third-order valence-corrected chi connectivity index (χ3v) is 5.43. The first-order chi connectivity index (χ1) is 9.63. The van der Waals surface area contributed by atoms with Gasteiger partial charge in [0.25, 0.3) is 0 Å². The number of rotatable bonds is 6. The lowest BCUT2D eigenvalue weighted by atomic mass is 9.96. The molecule has 1 N–H and O–H groups in total. The smallest absolute Gasteiger partial charge is 0.139 e. The summed E-state index contributed by atoms with van der Waals surface area (Å²) in [5.41, 5.74) is 1.26. The van der Waals surface area contributed by atoms with Crippen LogP contribution in [0.15, 0.2) is 4.47 Å². The topological polar surface area (TPSA) is 29.9 Å². The molecule has 0 saturated carbocycles. The van der Waals surface area contributed by atoms with Gasteiger partial charge in [0.2, 0.25) is 0 Å². The summed E-state index contributed by atoms with van der Waals surface area (Å²) in [6.45, 7) is 10.2. The van der Waals surface area contributed by atoms with E-state index in [1.165, 1.54) is 41.7 Å². The SMILES string of the molecule is CCCCC(CC)c1nn2c(c1Br)NCC(C)C2CC. The van der Waals surface area contributed by atoms with E-state index < -0.39 is 0 Å². The highest BCUT2D eigenvalue weighted by atomic mass is 79.9. The van der Waals surface area contributed by atoms with Gasteiger partial charge in [0.1, 0.15) is 5.82 Å². The van der Waals surface area contributed by atoms with Gasteiger partial charge in [0, 0.05) is 12.5 Å². The monoisotopic (exact) mass is 341 g/mol. The number of hydrogen-bond acceptors (Lipinski definition) is 2. The zero-order valence-electron chi connectivity index (χ0n) is 13.2. The van der Waals surface area contributed by atoms with Crippen LogP contribution in [0.1, 0.15) is 77.5 Å². The number of nitrogens with one attached hydrogen (secondary N) is 1. The number of nitrogens with zero attached hydrogens (tertiary/aromatic N) is 2. The average molecular weight is 342 g/mol. The van der Waals surface area contributed by atoms with Crippen molar-refractivity contribution >= 4 is 21.7 Å². The first-order valence-electron chi connectivity index (χ1n) is 8.15. The van der Waals surface area contributed by atoms with Crippen LogP contribution >= 0.6 is 15.9 Å². The first-order valence-corrected chi connectivity index (χ1v) is 8.94. The Bertz CT molecular complexity index is 441. The molecule has 1 aromatic heterocycles. The van der Waals surface area contributed by atoms with Gasteiger partial charge in [-0.05, 0) is 41.1 Å². The minimum atomic E-state index is 0.528. The molecule has 0 saturated heterocycles. The van der Waals surface area contributed by atoms with Crippen molar-refractivity contribution in [3.05, 3.63) is 10.2 Å². The molecule has 1 aliphatic heterocycles. The van der Waals surface area contributed by atoms with Crippen LogP contribution in [0, 0.1) is 5.92 Å². The van der Waals surface area contributed by atoms with Crippen molar-refractivity contribution in [1.29, 1.82) is 0 Å². The summed E-state index contributed by atoms with van der Waals surface area (Å²) in [4.78, 5) is 0. The number of hydrogen-bond donors (Lipinski definition) is 1. The van der Waals surface area contributed by atoms with Gasteiger partial charge in [-0.1, -0.05) is 40.5 Å². The fourth-order valence-electron chi connectivity index (χ4n) is 3.29. The Morgan fingerprint density at radius 3 is 2.75 bits per heavy atom. The second-order valence-electron chi connectivity index (χ2n) is 6.07. The molecule has 1 aliphatic rings. The molecule has 0 spiro atoms. The molecule has 0 radical (unpaired) electrons. The van der Waals surface area contributed by atoms with E-state index in [-0.39, 0.29) is 0 Å². The fourth-order valence-corrected chi connectivity index (χ4v) is 4.01. The van der Waals surface area contributed by atoms with Gasteiger partial charge >= 0.3 is 0 Å².